The summed E-state index contributed by atoms with van der Waals surface area (Å²) >= 11 is 3.35. The molecule has 0 aliphatic rings. The average molecular weight is 282 g/mol. The Labute approximate surface area is 103 Å². The molecule has 0 amide bonds. The highest BCUT2D eigenvalue weighted by atomic mass is 79.9. The third-order valence-corrected chi connectivity index (χ3v) is 2.69. The second-order valence-electron chi connectivity index (χ2n) is 3.26. The van der Waals surface area contributed by atoms with Gasteiger partial charge in [-0.1, -0.05) is 33.2 Å². The van der Waals surface area contributed by atoms with E-state index >= 15 is 0 Å². The number of hydrogen-bond donors (Lipinski definition) is 2. The van der Waals surface area contributed by atoms with Crippen LogP contribution in [-0.2, 0) is 0 Å². The van der Waals surface area contributed by atoms with E-state index in [1.807, 2.05) is 30.3 Å². The molecule has 0 radical (unpaired) electrons. The lowest BCUT2D eigenvalue weighted by molar-refractivity contribution is 0.315. The molecular weight excluding hydrogens is 270 g/mol. The van der Waals surface area contributed by atoms with Crippen molar-refractivity contribution < 1.29 is 5.21 Å². The van der Waals surface area contributed by atoms with E-state index < -0.39 is 0 Å². The molecule has 0 aliphatic heterocycles. The molecule has 5 heteroatoms. The topological polar surface area (TPSA) is 68.4 Å². The van der Waals surface area contributed by atoms with Crippen LogP contribution in [-0.4, -0.2) is 17.5 Å². The molecule has 1 atom stereocenters. The second kappa shape index (κ2) is 6.26. The van der Waals surface area contributed by atoms with Gasteiger partial charge in [0.2, 0.25) is 0 Å². The molecule has 1 aromatic rings. The molecule has 1 unspecified atom stereocenters. The molecule has 1 rings (SSSR count). The van der Waals surface area contributed by atoms with Crippen LogP contribution in [0.25, 0.3) is 0 Å². The van der Waals surface area contributed by atoms with Crippen LogP contribution in [0.15, 0.2) is 33.9 Å². The Bertz CT molecular complexity index is 408. The molecule has 0 aliphatic carbocycles. The maximum absolute atomic E-state index is 8.78. The van der Waals surface area contributed by atoms with Gasteiger partial charge in [0.05, 0.1) is 24.4 Å². The Morgan fingerprint density at radius 3 is 2.69 bits per heavy atom. The highest BCUT2D eigenvalue weighted by Gasteiger charge is 2.14. The fraction of sp³-hybridized carbons (Fsp3) is 0.273. The predicted molar refractivity (Wildman–Crippen MR) is 65.4 cm³/mol. The van der Waals surface area contributed by atoms with Gasteiger partial charge in [0.25, 0.3) is 0 Å². The van der Waals surface area contributed by atoms with Gasteiger partial charge in [-0.05, 0) is 24.6 Å². The molecule has 2 N–H and O–H groups in total. The van der Waals surface area contributed by atoms with Gasteiger partial charge in [-0.3, -0.25) is 5.32 Å². The fourth-order valence-corrected chi connectivity index (χ4v) is 1.63. The zero-order chi connectivity index (χ0) is 12.0. The molecular formula is C11H12BrN3O. The van der Waals surface area contributed by atoms with Crippen LogP contribution in [0.2, 0.25) is 0 Å². The summed E-state index contributed by atoms with van der Waals surface area (Å²) < 4.78 is 0.980. The SMILES string of the molecule is CC(=NO)C(NCC#N)c1ccc(Br)cc1. The van der Waals surface area contributed by atoms with Crippen molar-refractivity contribution in [2.45, 2.75) is 13.0 Å². The first-order chi connectivity index (χ1) is 7.69. The van der Waals surface area contributed by atoms with Crippen LogP contribution >= 0.6 is 15.9 Å². The number of hydrogen-bond acceptors (Lipinski definition) is 4. The van der Waals surface area contributed by atoms with Crippen LogP contribution < -0.4 is 5.32 Å². The summed E-state index contributed by atoms with van der Waals surface area (Å²) in [6.07, 6.45) is 0. The molecule has 0 fully saturated rings. The molecule has 4 nitrogen and oxygen atoms in total. The van der Waals surface area contributed by atoms with Gasteiger partial charge in [0, 0.05) is 4.47 Å². The number of rotatable bonds is 4. The molecule has 0 saturated heterocycles. The van der Waals surface area contributed by atoms with Gasteiger partial charge in [0.15, 0.2) is 0 Å². The van der Waals surface area contributed by atoms with Crippen LogP contribution in [0.3, 0.4) is 0 Å². The summed E-state index contributed by atoms with van der Waals surface area (Å²) in [5.74, 6) is 0. The second-order valence-corrected chi connectivity index (χ2v) is 4.18. The van der Waals surface area contributed by atoms with E-state index in [1.54, 1.807) is 6.92 Å². The predicted octanol–water partition coefficient (Wildman–Crippen LogP) is 2.45. The van der Waals surface area contributed by atoms with Crippen molar-refractivity contribution in [1.82, 2.24) is 5.32 Å². The lowest BCUT2D eigenvalue weighted by Crippen LogP contribution is -2.27. The summed E-state index contributed by atoms with van der Waals surface area (Å²) in [7, 11) is 0. The quantitative estimate of drug-likeness (QED) is 0.386. The average Bonchev–Trinajstić information content (AvgIpc) is 2.31. The standard InChI is InChI=1S/C11H12BrN3O/c1-8(15-16)11(14-7-6-13)9-2-4-10(12)5-3-9/h2-5,11,14,16H,7H2,1H3. The van der Waals surface area contributed by atoms with E-state index in [0.717, 1.165) is 10.0 Å². The van der Waals surface area contributed by atoms with E-state index in [2.05, 4.69) is 26.4 Å². The first-order valence-corrected chi connectivity index (χ1v) is 5.52. The minimum Gasteiger partial charge on any atom is -0.411 e. The van der Waals surface area contributed by atoms with Crippen molar-refractivity contribution in [3.8, 4) is 6.07 Å². The summed E-state index contributed by atoms with van der Waals surface area (Å²) in [6.45, 7) is 1.91. The Morgan fingerprint density at radius 2 is 2.19 bits per heavy atom. The Kier molecular flexibility index (Phi) is 4.96. The molecule has 16 heavy (non-hydrogen) atoms. The summed E-state index contributed by atoms with van der Waals surface area (Å²) in [6, 6.07) is 9.39. The van der Waals surface area contributed by atoms with E-state index in [1.165, 1.54) is 0 Å². The van der Waals surface area contributed by atoms with E-state index in [-0.39, 0.29) is 12.6 Å². The zero-order valence-corrected chi connectivity index (χ0v) is 10.4. The van der Waals surface area contributed by atoms with Crippen molar-refractivity contribution in [3.63, 3.8) is 0 Å². The molecule has 0 spiro atoms. The highest BCUT2D eigenvalue weighted by Crippen LogP contribution is 2.18. The maximum atomic E-state index is 8.78. The molecule has 0 saturated carbocycles. The summed E-state index contributed by atoms with van der Waals surface area (Å²) in [4.78, 5) is 0. The molecule has 0 aromatic heterocycles. The fourth-order valence-electron chi connectivity index (χ4n) is 1.37. The lowest BCUT2D eigenvalue weighted by atomic mass is 10.0. The van der Waals surface area contributed by atoms with Gasteiger partial charge in [-0.15, -0.1) is 0 Å². The van der Waals surface area contributed by atoms with Gasteiger partial charge < -0.3 is 5.21 Å². The number of nitriles is 1. The smallest absolute Gasteiger partial charge is 0.0848 e. The van der Waals surface area contributed by atoms with Gasteiger partial charge >= 0.3 is 0 Å². The first kappa shape index (κ1) is 12.7. The number of oxime groups is 1. The van der Waals surface area contributed by atoms with E-state index in [0.29, 0.717) is 5.71 Å². The number of nitrogens with zero attached hydrogens (tertiary/aromatic N) is 2. The summed E-state index contributed by atoms with van der Waals surface area (Å²) in [5.41, 5.74) is 1.48. The monoisotopic (exact) mass is 281 g/mol. The summed E-state index contributed by atoms with van der Waals surface area (Å²) in [5, 5.41) is 23.5. The molecule has 0 bridgehead atoms. The van der Waals surface area contributed by atoms with Crippen LogP contribution in [0.5, 0.6) is 0 Å². The maximum Gasteiger partial charge on any atom is 0.0848 e. The zero-order valence-electron chi connectivity index (χ0n) is 8.81. The van der Waals surface area contributed by atoms with E-state index in [9.17, 15) is 0 Å². The van der Waals surface area contributed by atoms with Crippen molar-refractivity contribution in [2.75, 3.05) is 6.54 Å². The Hall–Kier alpha value is -1.38. The molecule has 0 heterocycles. The van der Waals surface area contributed by atoms with Crippen LogP contribution in [0.1, 0.15) is 18.5 Å². The number of nitrogens with one attached hydrogen (secondary N) is 1. The van der Waals surface area contributed by atoms with Crippen molar-refractivity contribution >= 4 is 21.6 Å². The largest absolute Gasteiger partial charge is 0.411 e. The first-order valence-electron chi connectivity index (χ1n) is 4.73. The van der Waals surface area contributed by atoms with Gasteiger partial charge in [-0.2, -0.15) is 5.26 Å². The normalized spacial score (nSPS) is 13.2. The third-order valence-electron chi connectivity index (χ3n) is 2.16. The van der Waals surface area contributed by atoms with Crippen molar-refractivity contribution in [1.29, 1.82) is 5.26 Å². The van der Waals surface area contributed by atoms with Crippen LogP contribution in [0.4, 0.5) is 0 Å². The number of halogens is 1. The highest BCUT2D eigenvalue weighted by molar-refractivity contribution is 9.10. The van der Waals surface area contributed by atoms with Gasteiger partial charge in [-0.25, -0.2) is 0 Å². The molecule has 1 aromatic carbocycles. The lowest BCUT2D eigenvalue weighted by Gasteiger charge is -2.16. The third kappa shape index (κ3) is 3.33. The number of benzene rings is 1. The van der Waals surface area contributed by atoms with Crippen molar-refractivity contribution in [3.05, 3.63) is 34.3 Å². The van der Waals surface area contributed by atoms with Crippen molar-refractivity contribution in [2.24, 2.45) is 5.16 Å². The Morgan fingerprint density at radius 1 is 1.56 bits per heavy atom. The minimum atomic E-state index is -0.238. The van der Waals surface area contributed by atoms with Gasteiger partial charge in [0.1, 0.15) is 0 Å². The Balaban J connectivity index is 2.92. The molecule has 84 valence electrons. The van der Waals surface area contributed by atoms with E-state index in [4.69, 9.17) is 10.5 Å². The van der Waals surface area contributed by atoms with Crippen LogP contribution in [0, 0.1) is 11.3 Å². The minimum absolute atomic E-state index is 0.202.